The first kappa shape index (κ1) is 15.6. The number of rotatable bonds is 5. The fourth-order valence-electron chi connectivity index (χ4n) is 2.44. The van der Waals surface area contributed by atoms with E-state index in [2.05, 4.69) is 15.2 Å². The third-order valence-electron chi connectivity index (χ3n) is 3.52. The van der Waals surface area contributed by atoms with Crippen molar-refractivity contribution < 1.29 is 9.59 Å². The highest BCUT2D eigenvalue weighted by Gasteiger charge is 2.18. The molecular formula is C16H16N6O2. The summed E-state index contributed by atoms with van der Waals surface area (Å²) in [5, 5.41) is 8.08. The molecule has 0 saturated carbocycles. The van der Waals surface area contributed by atoms with Gasteiger partial charge in [0.25, 0.3) is 5.91 Å². The third kappa shape index (κ3) is 3.07. The van der Waals surface area contributed by atoms with Crippen LogP contribution in [0.25, 0.3) is 11.3 Å². The SMILES string of the molecule is Cn1cc(-c2cccc(C(=O)Cc3cn(C)nc3C(N)=O)n2)cn1. The predicted octanol–water partition coefficient (Wildman–Crippen LogP) is 0.740. The van der Waals surface area contributed by atoms with Gasteiger partial charge in [-0.1, -0.05) is 6.07 Å². The van der Waals surface area contributed by atoms with Gasteiger partial charge in [0, 0.05) is 44.0 Å². The van der Waals surface area contributed by atoms with Crippen LogP contribution in [0.5, 0.6) is 0 Å². The molecule has 0 aliphatic rings. The Morgan fingerprint density at radius 1 is 1.17 bits per heavy atom. The number of nitrogens with zero attached hydrogens (tertiary/aromatic N) is 5. The second-order valence-electron chi connectivity index (χ2n) is 5.45. The zero-order chi connectivity index (χ0) is 17.3. The summed E-state index contributed by atoms with van der Waals surface area (Å²) in [6, 6.07) is 5.22. The number of aromatic nitrogens is 5. The summed E-state index contributed by atoms with van der Waals surface area (Å²) >= 11 is 0. The lowest BCUT2D eigenvalue weighted by Gasteiger charge is -2.02. The quantitative estimate of drug-likeness (QED) is 0.696. The standard InChI is InChI=1S/C16H16N6O2/c1-21-9-11(7-18-21)12-4-3-5-13(19-12)14(23)6-10-8-22(2)20-15(10)16(17)24/h3-5,7-9H,6H2,1-2H3,(H2,17,24). The normalized spacial score (nSPS) is 10.8. The molecule has 0 radical (unpaired) electrons. The minimum absolute atomic E-state index is 0.00953. The van der Waals surface area contributed by atoms with Gasteiger partial charge in [-0.3, -0.25) is 19.0 Å². The van der Waals surface area contributed by atoms with Crippen LogP contribution in [0.4, 0.5) is 0 Å². The van der Waals surface area contributed by atoms with Crippen LogP contribution in [-0.4, -0.2) is 36.2 Å². The molecule has 2 N–H and O–H groups in total. The van der Waals surface area contributed by atoms with E-state index in [1.54, 1.807) is 36.3 Å². The van der Waals surface area contributed by atoms with Crippen LogP contribution < -0.4 is 5.73 Å². The highest BCUT2D eigenvalue weighted by Crippen LogP contribution is 2.17. The van der Waals surface area contributed by atoms with E-state index in [1.807, 2.05) is 19.3 Å². The third-order valence-corrected chi connectivity index (χ3v) is 3.52. The van der Waals surface area contributed by atoms with E-state index < -0.39 is 5.91 Å². The lowest BCUT2D eigenvalue weighted by molar-refractivity contribution is 0.0986. The van der Waals surface area contributed by atoms with Gasteiger partial charge in [-0.05, 0) is 12.1 Å². The van der Waals surface area contributed by atoms with Gasteiger partial charge in [0.2, 0.25) is 0 Å². The maximum atomic E-state index is 12.5. The molecule has 0 aromatic carbocycles. The van der Waals surface area contributed by atoms with E-state index in [9.17, 15) is 9.59 Å². The number of aryl methyl sites for hydroxylation is 2. The van der Waals surface area contributed by atoms with Crippen LogP contribution in [-0.2, 0) is 20.5 Å². The topological polar surface area (TPSA) is 109 Å². The van der Waals surface area contributed by atoms with Crippen molar-refractivity contribution in [2.24, 2.45) is 19.8 Å². The number of primary amides is 1. The van der Waals surface area contributed by atoms with E-state index in [1.165, 1.54) is 4.68 Å². The molecule has 1 amide bonds. The molecule has 24 heavy (non-hydrogen) atoms. The highest BCUT2D eigenvalue weighted by molar-refractivity contribution is 5.99. The summed E-state index contributed by atoms with van der Waals surface area (Å²) in [6.45, 7) is 0. The van der Waals surface area contributed by atoms with Gasteiger partial charge < -0.3 is 5.73 Å². The summed E-state index contributed by atoms with van der Waals surface area (Å²) in [5.74, 6) is -0.869. The Hall–Kier alpha value is -3.29. The molecule has 3 aromatic rings. The average Bonchev–Trinajstić information content (AvgIpc) is 3.13. The summed E-state index contributed by atoms with van der Waals surface area (Å²) in [7, 11) is 3.48. The monoisotopic (exact) mass is 324 g/mol. The minimum atomic E-state index is -0.657. The van der Waals surface area contributed by atoms with Gasteiger partial charge in [-0.25, -0.2) is 4.98 Å². The van der Waals surface area contributed by atoms with Crippen LogP contribution >= 0.6 is 0 Å². The maximum absolute atomic E-state index is 12.5. The lowest BCUT2D eigenvalue weighted by Crippen LogP contribution is -2.16. The number of pyridine rings is 1. The van der Waals surface area contributed by atoms with Crippen molar-refractivity contribution in [1.29, 1.82) is 0 Å². The number of hydrogen-bond donors (Lipinski definition) is 1. The molecule has 3 aromatic heterocycles. The smallest absolute Gasteiger partial charge is 0.269 e. The summed E-state index contributed by atoms with van der Waals surface area (Å²) in [6.07, 6.45) is 5.13. The van der Waals surface area contributed by atoms with Crippen LogP contribution in [0.1, 0.15) is 26.5 Å². The Morgan fingerprint density at radius 2 is 1.96 bits per heavy atom. The van der Waals surface area contributed by atoms with Crippen molar-refractivity contribution in [2.75, 3.05) is 0 Å². The molecule has 122 valence electrons. The van der Waals surface area contributed by atoms with Crippen LogP contribution in [0.15, 0.2) is 36.8 Å². The van der Waals surface area contributed by atoms with Crippen molar-refractivity contribution in [3.8, 4) is 11.3 Å². The number of hydrogen-bond acceptors (Lipinski definition) is 5. The largest absolute Gasteiger partial charge is 0.364 e. The van der Waals surface area contributed by atoms with Gasteiger partial charge in [0.1, 0.15) is 5.69 Å². The number of nitrogens with two attached hydrogens (primary N) is 1. The Bertz CT molecular complexity index is 924. The summed E-state index contributed by atoms with van der Waals surface area (Å²) in [5.41, 5.74) is 7.69. The number of Topliss-reactive ketones (excluding diaryl/α,β-unsaturated/α-hetero) is 1. The number of carbonyl (C=O) groups excluding carboxylic acids is 2. The molecule has 3 heterocycles. The second kappa shape index (κ2) is 6.07. The second-order valence-corrected chi connectivity index (χ2v) is 5.45. The maximum Gasteiger partial charge on any atom is 0.269 e. The molecule has 3 rings (SSSR count). The van der Waals surface area contributed by atoms with E-state index in [0.29, 0.717) is 17.0 Å². The van der Waals surface area contributed by atoms with E-state index in [-0.39, 0.29) is 17.9 Å². The molecule has 0 fully saturated rings. The average molecular weight is 324 g/mol. The molecular weight excluding hydrogens is 308 g/mol. The predicted molar refractivity (Wildman–Crippen MR) is 86.2 cm³/mol. The first-order valence-corrected chi connectivity index (χ1v) is 7.25. The van der Waals surface area contributed by atoms with Gasteiger partial charge in [0.05, 0.1) is 11.9 Å². The molecule has 0 spiro atoms. The zero-order valence-corrected chi connectivity index (χ0v) is 13.3. The van der Waals surface area contributed by atoms with Gasteiger partial charge >= 0.3 is 0 Å². The molecule has 8 heteroatoms. The van der Waals surface area contributed by atoms with Crippen LogP contribution in [0.3, 0.4) is 0 Å². The van der Waals surface area contributed by atoms with Gasteiger partial charge in [0.15, 0.2) is 11.5 Å². The summed E-state index contributed by atoms with van der Waals surface area (Å²) < 4.78 is 3.13. The first-order chi connectivity index (χ1) is 11.4. The van der Waals surface area contributed by atoms with Crippen molar-refractivity contribution in [3.63, 3.8) is 0 Å². The molecule has 0 bridgehead atoms. The number of carbonyl (C=O) groups is 2. The van der Waals surface area contributed by atoms with Crippen molar-refractivity contribution in [1.82, 2.24) is 24.5 Å². The molecule has 0 aliphatic heterocycles. The highest BCUT2D eigenvalue weighted by atomic mass is 16.1. The fraction of sp³-hybridized carbons (Fsp3) is 0.188. The van der Waals surface area contributed by atoms with Crippen molar-refractivity contribution in [3.05, 3.63) is 53.7 Å². The molecule has 0 aliphatic carbocycles. The molecule has 8 nitrogen and oxygen atoms in total. The molecule has 0 atom stereocenters. The minimum Gasteiger partial charge on any atom is -0.364 e. The lowest BCUT2D eigenvalue weighted by atomic mass is 10.1. The number of amides is 1. The van der Waals surface area contributed by atoms with E-state index in [0.717, 1.165) is 5.56 Å². The van der Waals surface area contributed by atoms with Gasteiger partial charge in [-0.2, -0.15) is 10.2 Å². The first-order valence-electron chi connectivity index (χ1n) is 7.25. The van der Waals surface area contributed by atoms with Crippen molar-refractivity contribution in [2.45, 2.75) is 6.42 Å². The fourth-order valence-corrected chi connectivity index (χ4v) is 2.44. The van der Waals surface area contributed by atoms with Crippen LogP contribution in [0.2, 0.25) is 0 Å². The van der Waals surface area contributed by atoms with E-state index in [4.69, 9.17) is 5.73 Å². The molecule has 0 saturated heterocycles. The van der Waals surface area contributed by atoms with E-state index >= 15 is 0 Å². The Balaban J connectivity index is 1.87. The summed E-state index contributed by atoms with van der Waals surface area (Å²) in [4.78, 5) is 28.3. The van der Waals surface area contributed by atoms with Crippen molar-refractivity contribution >= 4 is 11.7 Å². The number of ketones is 1. The Labute approximate surface area is 137 Å². The zero-order valence-electron chi connectivity index (χ0n) is 13.3. The molecule has 0 unspecified atom stereocenters. The van der Waals surface area contributed by atoms with Gasteiger partial charge in [-0.15, -0.1) is 0 Å². The van der Waals surface area contributed by atoms with Crippen LogP contribution in [0, 0.1) is 0 Å². The Kier molecular flexibility index (Phi) is 3.95. The Morgan fingerprint density at radius 3 is 2.62 bits per heavy atom.